The molecule has 8 heteroatoms. The Labute approximate surface area is 235 Å². The second-order valence-electron chi connectivity index (χ2n) is 11.6. The fourth-order valence-electron chi connectivity index (χ4n) is 6.17. The molecule has 4 aromatic rings. The van der Waals surface area contributed by atoms with Gasteiger partial charge in [-0.15, -0.1) is 0 Å². The van der Waals surface area contributed by atoms with Crippen molar-refractivity contribution in [2.75, 3.05) is 32.6 Å². The second-order valence-corrected chi connectivity index (χ2v) is 14.9. The van der Waals surface area contributed by atoms with E-state index in [1.165, 1.54) is 0 Å². The number of fused-ring (bicyclic) bond motifs is 1. The molecule has 2 saturated carbocycles. The van der Waals surface area contributed by atoms with Gasteiger partial charge in [-0.05, 0) is 99.7 Å². The van der Waals surface area contributed by atoms with E-state index in [1.54, 1.807) is 7.11 Å². The molecule has 3 fully saturated rings. The van der Waals surface area contributed by atoms with Crippen LogP contribution in [0.1, 0.15) is 38.5 Å². The number of hydrogen-bond donors (Lipinski definition) is 2. The quantitative estimate of drug-likeness (QED) is 0.222. The smallest absolute Gasteiger partial charge is 0.139 e. The largest absolute Gasteiger partial charge is 0.496 e. The molecular formula is C32H37N4O3P. The van der Waals surface area contributed by atoms with Gasteiger partial charge in [0.1, 0.15) is 30.4 Å². The number of hydrogen-bond acceptors (Lipinski definition) is 6. The maximum Gasteiger partial charge on any atom is 0.139 e. The maximum atomic E-state index is 14.6. The molecule has 2 aromatic heterocycles. The van der Waals surface area contributed by atoms with Gasteiger partial charge in [0.15, 0.2) is 0 Å². The number of aromatic amines is 1. The van der Waals surface area contributed by atoms with Crippen LogP contribution in [0.25, 0.3) is 22.3 Å². The van der Waals surface area contributed by atoms with Crippen LogP contribution in [-0.2, 0) is 4.57 Å². The predicted molar refractivity (Wildman–Crippen MR) is 162 cm³/mol. The third-order valence-corrected chi connectivity index (χ3v) is 13.0. The number of anilines is 2. The zero-order valence-electron chi connectivity index (χ0n) is 23.2. The van der Waals surface area contributed by atoms with Gasteiger partial charge in [-0.25, -0.2) is 4.98 Å². The van der Waals surface area contributed by atoms with E-state index in [2.05, 4.69) is 57.6 Å². The molecule has 40 heavy (non-hydrogen) atoms. The molecule has 0 amide bonds. The van der Waals surface area contributed by atoms with Gasteiger partial charge in [0, 0.05) is 41.7 Å². The van der Waals surface area contributed by atoms with E-state index in [-0.39, 0.29) is 6.10 Å². The minimum absolute atomic E-state index is 0.282. The third-order valence-electron chi connectivity index (χ3n) is 8.68. The van der Waals surface area contributed by atoms with Gasteiger partial charge in [-0.2, -0.15) is 0 Å². The average molecular weight is 557 g/mol. The number of pyridine rings is 1. The highest BCUT2D eigenvalue weighted by Crippen LogP contribution is 2.71. The highest BCUT2D eigenvalue weighted by molar-refractivity contribution is 7.74. The normalized spacial score (nSPS) is 18.6. The lowest BCUT2D eigenvalue weighted by Crippen LogP contribution is -2.35. The first-order valence-corrected chi connectivity index (χ1v) is 16.3. The Morgan fingerprint density at radius 3 is 2.35 bits per heavy atom. The molecule has 0 atom stereocenters. The van der Waals surface area contributed by atoms with Crippen LogP contribution in [0.3, 0.4) is 0 Å². The van der Waals surface area contributed by atoms with E-state index in [9.17, 15) is 4.57 Å². The minimum atomic E-state index is -2.57. The fourth-order valence-corrected chi connectivity index (χ4v) is 10.3. The second kappa shape index (κ2) is 10.3. The summed E-state index contributed by atoms with van der Waals surface area (Å²) < 4.78 is 26.6. The Bertz CT molecular complexity index is 1550. The van der Waals surface area contributed by atoms with Crippen molar-refractivity contribution in [2.24, 2.45) is 0 Å². The van der Waals surface area contributed by atoms with Gasteiger partial charge >= 0.3 is 0 Å². The number of H-pyrrole nitrogens is 1. The summed E-state index contributed by atoms with van der Waals surface area (Å²) in [5.74, 6) is 1.64. The molecule has 0 spiro atoms. The first-order valence-electron chi connectivity index (χ1n) is 14.5. The van der Waals surface area contributed by atoms with Crippen molar-refractivity contribution in [3.05, 3.63) is 60.8 Å². The molecule has 7 nitrogen and oxygen atoms in total. The van der Waals surface area contributed by atoms with Crippen LogP contribution in [0.4, 0.5) is 11.4 Å². The van der Waals surface area contributed by atoms with Gasteiger partial charge < -0.3 is 29.2 Å². The molecule has 1 saturated heterocycles. The van der Waals surface area contributed by atoms with Crippen molar-refractivity contribution < 1.29 is 14.0 Å². The molecule has 1 aliphatic heterocycles. The first-order chi connectivity index (χ1) is 19.5. The average Bonchev–Trinajstić information content (AvgIpc) is 3.91. The van der Waals surface area contributed by atoms with Crippen LogP contribution in [0.2, 0.25) is 0 Å². The Kier molecular flexibility index (Phi) is 6.60. The first kappa shape index (κ1) is 25.7. The van der Waals surface area contributed by atoms with Crippen molar-refractivity contribution in [3.8, 4) is 22.8 Å². The van der Waals surface area contributed by atoms with E-state index in [1.807, 2.05) is 30.5 Å². The number of likely N-dealkylation sites (tertiary alicyclic amines) is 1. The molecule has 0 bridgehead atoms. The molecule has 2 aromatic carbocycles. The van der Waals surface area contributed by atoms with E-state index >= 15 is 0 Å². The number of methoxy groups -OCH3 is 1. The third kappa shape index (κ3) is 4.80. The van der Waals surface area contributed by atoms with Crippen LogP contribution in [-0.4, -0.2) is 59.5 Å². The van der Waals surface area contributed by atoms with Crippen molar-refractivity contribution in [2.45, 2.75) is 55.9 Å². The summed E-state index contributed by atoms with van der Waals surface area (Å²) >= 11 is 0. The van der Waals surface area contributed by atoms with E-state index in [4.69, 9.17) is 9.47 Å². The van der Waals surface area contributed by atoms with Crippen molar-refractivity contribution in [1.29, 1.82) is 0 Å². The molecule has 7 rings (SSSR count). The number of benzene rings is 2. The number of nitrogens with zero attached hydrogens (tertiary/aromatic N) is 2. The molecule has 2 aliphatic carbocycles. The highest BCUT2D eigenvalue weighted by Gasteiger charge is 2.53. The number of rotatable bonds is 9. The van der Waals surface area contributed by atoms with Crippen LogP contribution in [0.15, 0.2) is 60.8 Å². The number of nitrogens with one attached hydrogen (secondary N) is 2. The zero-order chi connectivity index (χ0) is 27.3. The van der Waals surface area contributed by atoms with Crippen LogP contribution < -0.4 is 20.1 Å². The van der Waals surface area contributed by atoms with Gasteiger partial charge in [0.05, 0.1) is 23.8 Å². The van der Waals surface area contributed by atoms with Crippen LogP contribution in [0, 0.1) is 0 Å². The van der Waals surface area contributed by atoms with Crippen molar-refractivity contribution >= 4 is 34.9 Å². The van der Waals surface area contributed by atoms with Crippen molar-refractivity contribution in [1.82, 2.24) is 14.9 Å². The monoisotopic (exact) mass is 556 g/mol. The Balaban J connectivity index is 1.17. The maximum absolute atomic E-state index is 14.6. The summed E-state index contributed by atoms with van der Waals surface area (Å²) in [6.07, 6.45) is 8.42. The van der Waals surface area contributed by atoms with Crippen LogP contribution in [0.5, 0.6) is 11.5 Å². The molecule has 0 unspecified atom stereocenters. The molecule has 3 heterocycles. The Hall–Kier alpha value is -3.28. The van der Waals surface area contributed by atoms with E-state index in [0.29, 0.717) is 11.3 Å². The summed E-state index contributed by atoms with van der Waals surface area (Å²) in [7, 11) is 1.27. The van der Waals surface area contributed by atoms with Crippen molar-refractivity contribution in [3.63, 3.8) is 0 Å². The molecule has 208 valence electrons. The van der Waals surface area contributed by atoms with Crippen LogP contribution >= 0.6 is 7.14 Å². The Morgan fingerprint density at radius 2 is 1.68 bits per heavy atom. The fraction of sp³-hybridized carbons (Fsp3) is 0.406. The lowest BCUT2D eigenvalue weighted by molar-refractivity contribution is 0.114. The lowest BCUT2D eigenvalue weighted by Gasteiger charge is -2.29. The summed E-state index contributed by atoms with van der Waals surface area (Å²) in [6, 6.07) is 18.4. The molecular weight excluding hydrogens is 519 g/mol. The molecule has 2 N–H and O–H groups in total. The SMILES string of the molecule is COc1cccc(Nc2ccnc3[nH]c(-c4ccc(OC5CCN(C)CC5)cc4)cc23)c1P(=O)(C1CC1)C1CC1. The number of aromatic nitrogens is 2. The zero-order valence-corrected chi connectivity index (χ0v) is 24.1. The van der Waals surface area contributed by atoms with E-state index < -0.39 is 7.14 Å². The highest BCUT2D eigenvalue weighted by atomic mass is 31.2. The number of ether oxygens (including phenoxy) is 2. The minimum Gasteiger partial charge on any atom is -0.496 e. The molecule has 0 radical (unpaired) electrons. The summed E-state index contributed by atoms with van der Waals surface area (Å²) in [5.41, 5.74) is 5.28. The van der Waals surface area contributed by atoms with E-state index in [0.717, 1.165) is 102 Å². The van der Waals surface area contributed by atoms with Gasteiger partial charge in [0.25, 0.3) is 0 Å². The number of piperidine rings is 1. The summed E-state index contributed by atoms with van der Waals surface area (Å²) in [4.78, 5) is 10.5. The lowest BCUT2D eigenvalue weighted by atomic mass is 10.1. The van der Waals surface area contributed by atoms with Gasteiger partial charge in [-0.3, -0.25) is 0 Å². The standard InChI is InChI=1S/C32H37N4O3P/c1-36-18-15-23(16-19-36)39-22-8-6-21(7-9-22)29-20-26-27(14-17-33-32(26)35-29)34-28-4-3-5-30(38-2)31(28)40(37,24-10-11-24)25-12-13-25/h3-9,14,17,20,23-25H,10-13,15-16,18-19H2,1-2H3,(H2,33,34,35). The molecule has 3 aliphatic rings. The Morgan fingerprint density at radius 1 is 0.950 bits per heavy atom. The summed E-state index contributed by atoms with van der Waals surface area (Å²) in [6.45, 7) is 2.16. The van der Waals surface area contributed by atoms with Gasteiger partial charge in [0.2, 0.25) is 0 Å². The topological polar surface area (TPSA) is 79.5 Å². The van der Waals surface area contributed by atoms with Gasteiger partial charge in [-0.1, -0.05) is 6.07 Å². The predicted octanol–water partition coefficient (Wildman–Crippen LogP) is 6.77. The summed E-state index contributed by atoms with van der Waals surface area (Å²) in [5, 5.41) is 5.53.